The highest BCUT2D eigenvalue weighted by molar-refractivity contribution is 7.99. The van der Waals surface area contributed by atoms with Crippen LogP contribution >= 0.6 is 11.8 Å². The summed E-state index contributed by atoms with van der Waals surface area (Å²) in [5.41, 5.74) is -0.578. The van der Waals surface area contributed by atoms with E-state index in [1.807, 2.05) is 32.5 Å². The van der Waals surface area contributed by atoms with Crippen molar-refractivity contribution in [2.75, 3.05) is 11.5 Å². The SMILES string of the molecule is CC(C)(C)NC1(C(=O)C(C)(C)C)CCSCC1. The number of hydrogen-bond donors (Lipinski definition) is 1. The van der Waals surface area contributed by atoms with Gasteiger partial charge in [0.05, 0.1) is 5.54 Å². The molecule has 0 amide bonds. The molecule has 2 nitrogen and oxygen atoms in total. The average molecular weight is 257 g/mol. The first-order valence-electron chi connectivity index (χ1n) is 6.49. The maximum atomic E-state index is 12.7. The lowest BCUT2D eigenvalue weighted by Crippen LogP contribution is -2.63. The Morgan fingerprint density at radius 3 is 1.88 bits per heavy atom. The minimum atomic E-state index is -0.304. The van der Waals surface area contributed by atoms with Crippen LogP contribution in [0.1, 0.15) is 54.4 Å². The van der Waals surface area contributed by atoms with E-state index in [0.717, 1.165) is 24.3 Å². The summed E-state index contributed by atoms with van der Waals surface area (Å²) in [6, 6.07) is 0. The first-order chi connectivity index (χ1) is 7.57. The molecule has 0 aromatic carbocycles. The molecule has 1 saturated heterocycles. The molecule has 0 aromatic heterocycles. The van der Waals surface area contributed by atoms with Gasteiger partial charge in [-0.15, -0.1) is 0 Å². The van der Waals surface area contributed by atoms with Gasteiger partial charge >= 0.3 is 0 Å². The molecule has 0 radical (unpaired) electrons. The number of thioether (sulfide) groups is 1. The Morgan fingerprint density at radius 1 is 1.06 bits per heavy atom. The van der Waals surface area contributed by atoms with E-state index in [1.54, 1.807) is 0 Å². The minimum Gasteiger partial charge on any atom is -0.300 e. The normalized spacial score (nSPS) is 21.3. The molecule has 100 valence electrons. The molecule has 1 aliphatic heterocycles. The maximum Gasteiger partial charge on any atom is 0.158 e. The first-order valence-corrected chi connectivity index (χ1v) is 7.64. The van der Waals surface area contributed by atoms with Crippen molar-refractivity contribution in [1.29, 1.82) is 0 Å². The molecule has 1 N–H and O–H groups in total. The van der Waals surface area contributed by atoms with E-state index in [0.29, 0.717) is 5.78 Å². The Labute approximate surface area is 110 Å². The fraction of sp³-hybridized carbons (Fsp3) is 0.929. The van der Waals surface area contributed by atoms with E-state index >= 15 is 0 Å². The number of nitrogens with one attached hydrogen (secondary N) is 1. The standard InChI is InChI=1S/C14H27NOS/c1-12(2,3)11(16)14(15-13(4,5)6)7-9-17-10-8-14/h15H,7-10H2,1-6H3. The van der Waals surface area contributed by atoms with E-state index < -0.39 is 0 Å². The third-order valence-corrected chi connectivity index (χ3v) is 4.06. The van der Waals surface area contributed by atoms with Crippen molar-refractivity contribution in [2.45, 2.75) is 65.5 Å². The molecule has 0 spiro atoms. The predicted molar refractivity (Wildman–Crippen MR) is 76.6 cm³/mol. The number of carbonyl (C=O) groups is 1. The Kier molecular flexibility index (Phi) is 4.36. The van der Waals surface area contributed by atoms with Crippen LogP contribution in [0.25, 0.3) is 0 Å². The van der Waals surface area contributed by atoms with Gasteiger partial charge in [0, 0.05) is 11.0 Å². The second-order valence-electron chi connectivity index (χ2n) is 7.15. The number of hydrogen-bond acceptors (Lipinski definition) is 3. The Hall–Kier alpha value is -0.0200. The topological polar surface area (TPSA) is 29.1 Å². The van der Waals surface area contributed by atoms with Gasteiger partial charge < -0.3 is 5.32 Å². The van der Waals surface area contributed by atoms with E-state index in [4.69, 9.17) is 0 Å². The zero-order chi connectivity index (χ0) is 13.3. The highest BCUT2D eigenvalue weighted by atomic mass is 32.2. The lowest BCUT2D eigenvalue weighted by atomic mass is 9.74. The summed E-state index contributed by atoms with van der Waals surface area (Å²) in [7, 11) is 0. The summed E-state index contributed by atoms with van der Waals surface area (Å²) in [4.78, 5) is 12.7. The highest BCUT2D eigenvalue weighted by Crippen LogP contribution is 2.35. The molecule has 1 aliphatic rings. The molecule has 1 fully saturated rings. The van der Waals surface area contributed by atoms with Crippen LogP contribution in [0.3, 0.4) is 0 Å². The van der Waals surface area contributed by atoms with Gasteiger partial charge in [-0.25, -0.2) is 0 Å². The molecular weight excluding hydrogens is 230 g/mol. The minimum absolute atomic E-state index is 0.0110. The lowest BCUT2D eigenvalue weighted by Gasteiger charge is -2.44. The zero-order valence-electron chi connectivity index (χ0n) is 12.1. The maximum absolute atomic E-state index is 12.7. The van der Waals surface area contributed by atoms with Crippen molar-refractivity contribution < 1.29 is 4.79 Å². The molecule has 1 rings (SSSR count). The highest BCUT2D eigenvalue weighted by Gasteiger charge is 2.45. The summed E-state index contributed by atoms with van der Waals surface area (Å²) in [5, 5.41) is 3.62. The second-order valence-corrected chi connectivity index (χ2v) is 8.37. The fourth-order valence-electron chi connectivity index (χ4n) is 2.56. The van der Waals surface area contributed by atoms with Gasteiger partial charge in [-0.3, -0.25) is 4.79 Å². The van der Waals surface area contributed by atoms with E-state index in [1.165, 1.54) is 0 Å². The van der Waals surface area contributed by atoms with Crippen molar-refractivity contribution in [3.63, 3.8) is 0 Å². The smallest absolute Gasteiger partial charge is 0.158 e. The summed E-state index contributed by atoms with van der Waals surface area (Å²) in [5.74, 6) is 2.55. The van der Waals surface area contributed by atoms with Crippen LogP contribution in [0.15, 0.2) is 0 Å². The van der Waals surface area contributed by atoms with Gasteiger partial charge in [-0.2, -0.15) is 11.8 Å². The largest absolute Gasteiger partial charge is 0.300 e. The summed E-state index contributed by atoms with van der Waals surface area (Å²) >= 11 is 1.96. The molecule has 0 unspecified atom stereocenters. The van der Waals surface area contributed by atoms with Crippen molar-refractivity contribution in [1.82, 2.24) is 5.32 Å². The molecule has 0 aromatic rings. The fourth-order valence-corrected chi connectivity index (χ4v) is 3.75. The summed E-state index contributed by atoms with van der Waals surface area (Å²) < 4.78 is 0. The average Bonchev–Trinajstić information content (AvgIpc) is 2.14. The third-order valence-electron chi connectivity index (χ3n) is 3.08. The molecule has 0 atom stereocenters. The zero-order valence-corrected chi connectivity index (χ0v) is 13.0. The van der Waals surface area contributed by atoms with Crippen LogP contribution in [0.5, 0.6) is 0 Å². The number of ketones is 1. The van der Waals surface area contributed by atoms with Gasteiger partial charge in [0.1, 0.15) is 0 Å². The second kappa shape index (κ2) is 4.93. The van der Waals surface area contributed by atoms with E-state index in [-0.39, 0.29) is 16.5 Å². The Balaban J connectivity index is 2.97. The molecule has 0 bridgehead atoms. The summed E-state index contributed by atoms with van der Waals surface area (Å²) in [6.45, 7) is 12.5. The van der Waals surface area contributed by atoms with Gasteiger partial charge in [0.2, 0.25) is 0 Å². The van der Waals surface area contributed by atoms with Gasteiger partial charge in [0.15, 0.2) is 5.78 Å². The van der Waals surface area contributed by atoms with Crippen LogP contribution in [0, 0.1) is 5.41 Å². The van der Waals surface area contributed by atoms with Gasteiger partial charge in [0.25, 0.3) is 0 Å². The molecule has 0 saturated carbocycles. The first kappa shape index (κ1) is 15.0. The molecular formula is C14H27NOS. The van der Waals surface area contributed by atoms with Crippen molar-refractivity contribution >= 4 is 17.5 Å². The van der Waals surface area contributed by atoms with Crippen molar-refractivity contribution in [3.05, 3.63) is 0 Å². The van der Waals surface area contributed by atoms with E-state index in [2.05, 4.69) is 26.1 Å². The van der Waals surface area contributed by atoms with Crippen LogP contribution in [-0.4, -0.2) is 28.4 Å². The third kappa shape index (κ3) is 3.99. The summed E-state index contributed by atoms with van der Waals surface area (Å²) in [6.07, 6.45) is 1.93. The van der Waals surface area contributed by atoms with E-state index in [9.17, 15) is 4.79 Å². The molecule has 3 heteroatoms. The Bertz CT molecular complexity index is 280. The Morgan fingerprint density at radius 2 is 1.53 bits per heavy atom. The molecule has 1 heterocycles. The lowest BCUT2D eigenvalue weighted by molar-refractivity contribution is -0.134. The number of Topliss-reactive ketones (excluding diaryl/α,β-unsaturated/α-hetero) is 1. The quantitative estimate of drug-likeness (QED) is 0.823. The van der Waals surface area contributed by atoms with Crippen LogP contribution in [0.4, 0.5) is 0 Å². The predicted octanol–water partition coefficient (Wildman–Crippen LogP) is 3.26. The van der Waals surface area contributed by atoms with Crippen LogP contribution < -0.4 is 5.32 Å². The van der Waals surface area contributed by atoms with Crippen LogP contribution in [0.2, 0.25) is 0 Å². The monoisotopic (exact) mass is 257 g/mol. The van der Waals surface area contributed by atoms with Crippen LogP contribution in [-0.2, 0) is 4.79 Å². The van der Waals surface area contributed by atoms with Crippen molar-refractivity contribution in [3.8, 4) is 0 Å². The van der Waals surface area contributed by atoms with Crippen molar-refractivity contribution in [2.24, 2.45) is 5.41 Å². The molecule has 17 heavy (non-hydrogen) atoms. The molecule has 0 aliphatic carbocycles. The van der Waals surface area contributed by atoms with Gasteiger partial charge in [-0.05, 0) is 45.1 Å². The number of carbonyl (C=O) groups excluding carboxylic acids is 1. The number of rotatable bonds is 2. The van der Waals surface area contributed by atoms with Gasteiger partial charge in [-0.1, -0.05) is 20.8 Å².